The Hall–Kier alpha value is -0.900. The first-order chi connectivity index (χ1) is 8.68. The number of likely N-dealkylation sites (N-methyl/N-ethyl adjacent to an activating group) is 1. The summed E-state index contributed by atoms with van der Waals surface area (Å²) in [6.45, 7) is 2.13. The van der Waals surface area contributed by atoms with Crippen LogP contribution in [0.5, 0.6) is 0 Å². The van der Waals surface area contributed by atoms with Gasteiger partial charge in [-0.3, -0.25) is 0 Å². The van der Waals surface area contributed by atoms with Crippen LogP contribution < -0.4 is 0 Å². The number of benzene rings is 1. The molecule has 2 aliphatic rings. The summed E-state index contributed by atoms with van der Waals surface area (Å²) in [7, 11) is 5.71. The molecule has 0 bridgehead atoms. The highest BCUT2D eigenvalue weighted by molar-refractivity contribution is 5.38. The molecule has 0 unspecified atom stereocenters. The third-order valence-electron chi connectivity index (χ3n) is 4.89. The van der Waals surface area contributed by atoms with Crippen molar-refractivity contribution in [1.82, 2.24) is 4.90 Å². The molecule has 1 saturated carbocycles. The van der Waals surface area contributed by atoms with E-state index in [4.69, 9.17) is 9.47 Å². The van der Waals surface area contributed by atoms with E-state index in [1.807, 2.05) is 0 Å². The van der Waals surface area contributed by atoms with E-state index < -0.39 is 5.79 Å². The minimum absolute atomic E-state index is 0.00743. The normalized spacial score (nSPS) is 34.1. The molecule has 98 valence electrons. The lowest BCUT2D eigenvalue weighted by Crippen LogP contribution is -2.68. The standard InChI is InChI=1S/C15H21NO2/c1-16-10-13-9-15(17-2,18-3)14(13,11-16)12-7-5-4-6-8-12/h4-8,13H,9-11H2,1-3H3/t13-,14+/m1/s1. The number of hydrogen-bond donors (Lipinski definition) is 0. The fourth-order valence-corrected chi connectivity index (χ4v) is 4.09. The summed E-state index contributed by atoms with van der Waals surface area (Å²) in [4.78, 5) is 2.39. The summed E-state index contributed by atoms with van der Waals surface area (Å²) < 4.78 is 11.6. The van der Waals surface area contributed by atoms with Crippen LogP contribution in [0.15, 0.2) is 30.3 Å². The Morgan fingerprint density at radius 3 is 2.39 bits per heavy atom. The second-order valence-corrected chi connectivity index (χ2v) is 5.60. The van der Waals surface area contributed by atoms with Crippen LogP contribution in [0, 0.1) is 5.92 Å². The molecule has 3 heteroatoms. The van der Waals surface area contributed by atoms with Crippen molar-refractivity contribution in [2.24, 2.45) is 5.92 Å². The molecule has 3 nitrogen and oxygen atoms in total. The van der Waals surface area contributed by atoms with Gasteiger partial charge < -0.3 is 14.4 Å². The Morgan fingerprint density at radius 1 is 1.17 bits per heavy atom. The van der Waals surface area contributed by atoms with Gasteiger partial charge in [-0.05, 0) is 18.5 Å². The largest absolute Gasteiger partial charge is 0.352 e. The van der Waals surface area contributed by atoms with Gasteiger partial charge in [0.05, 0.1) is 5.41 Å². The molecule has 2 atom stereocenters. The van der Waals surface area contributed by atoms with Crippen LogP contribution in [-0.4, -0.2) is 45.0 Å². The highest BCUT2D eigenvalue weighted by Gasteiger charge is 2.70. The first kappa shape index (κ1) is 12.2. The van der Waals surface area contributed by atoms with Gasteiger partial charge in [0.15, 0.2) is 5.79 Å². The summed E-state index contributed by atoms with van der Waals surface area (Å²) in [6.07, 6.45) is 0.985. The molecule has 3 rings (SSSR count). The quantitative estimate of drug-likeness (QED) is 0.761. The van der Waals surface area contributed by atoms with Crippen molar-refractivity contribution in [2.75, 3.05) is 34.4 Å². The molecule has 1 saturated heterocycles. The van der Waals surface area contributed by atoms with Crippen LogP contribution in [0.25, 0.3) is 0 Å². The summed E-state index contributed by atoms with van der Waals surface area (Å²) in [5, 5.41) is 0. The first-order valence-electron chi connectivity index (χ1n) is 6.53. The van der Waals surface area contributed by atoms with E-state index in [0.29, 0.717) is 5.92 Å². The number of ether oxygens (including phenoxy) is 2. The Morgan fingerprint density at radius 2 is 1.83 bits per heavy atom. The third-order valence-corrected chi connectivity index (χ3v) is 4.89. The van der Waals surface area contributed by atoms with Crippen molar-refractivity contribution in [3.8, 4) is 0 Å². The van der Waals surface area contributed by atoms with Gasteiger partial charge in [-0.15, -0.1) is 0 Å². The van der Waals surface area contributed by atoms with E-state index in [0.717, 1.165) is 19.5 Å². The van der Waals surface area contributed by atoms with Crippen LogP contribution in [0.1, 0.15) is 12.0 Å². The third kappa shape index (κ3) is 1.30. The number of likely N-dealkylation sites (tertiary alicyclic amines) is 1. The second-order valence-electron chi connectivity index (χ2n) is 5.60. The molecule has 1 heterocycles. The maximum absolute atomic E-state index is 5.79. The molecular formula is C15H21NO2. The predicted molar refractivity (Wildman–Crippen MR) is 70.5 cm³/mol. The number of nitrogens with zero attached hydrogens (tertiary/aromatic N) is 1. The smallest absolute Gasteiger partial charge is 0.179 e. The van der Waals surface area contributed by atoms with E-state index in [1.165, 1.54) is 5.56 Å². The lowest BCUT2D eigenvalue weighted by Gasteiger charge is -2.59. The zero-order valence-corrected chi connectivity index (χ0v) is 11.3. The van der Waals surface area contributed by atoms with E-state index in [1.54, 1.807) is 14.2 Å². The molecule has 1 aliphatic carbocycles. The zero-order chi connectivity index (χ0) is 12.8. The Kier molecular flexibility index (Phi) is 2.73. The molecule has 0 aromatic heterocycles. The van der Waals surface area contributed by atoms with Gasteiger partial charge in [0, 0.05) is 33.7 Å². The molecule has 1 aliphatic heterocycles. The van der Waals surface area contributed by atoms with Gasteiger partial charge in [-0.2, -0.15) is 0 Å². The second kappa shape index (κ2) is 4.05. The van der Waals surface area contributed by atoms with Crippen LogP contribution in [-0.2, 0) is 14.9 Å². The van der Waals surface area contributed by atoms with Crippen molar-refractivity contribution in [1.29, 1.82) is 0 Å². The monoisotopic (exact) mass is 247 g/mol. The number of hydrogen-bond acceptors (Lipinski definition) is 3. The van der Waals surface area contributed by atoms with Crippen molar-refractivity contribution >= 4 is 0 Å². The molecule has 0 amide bonds. The molecule has 1 aromatic rings. The maximum atomic E-state index is 5.79. The SMILES string of the molecule is COC1(OC)C[C@@H]2CN(C)C[C@]21c1ccccc1. The first-order valence-corrected chi connectivity index (χ1v) is 6.53. The van der Waals surface area contributed by atoms with Crippen molar-refractivity contribution in [3.63, 3.8) is 0 Å². The van der Waals surface area contributed by atoms with Crippen LogP contribution >= 0.6 is 0 Å². The summed E-state index contributed by atoms with van der Waals surface area (Å²) in [6, 6.07) is 10.7. The summed E-state index contributed by atoms with van der Waals surface area (Å²) in [5.74, 6) is 0.175. The molecule has 2 fully saturated rings. The Labute approximate surface area is 109 Å². The molecule has 0 N–H and O–H groups in total. The zero-order valence-electron chi connectivity index (χ0n) is 11.3. The van der Waals surface area contributed by atoms with Gasteiger partial charge in [0.25, 0.3) is 0 Å². The molecular weight excluding hydrogens is 226 g/mol. The topological polar surface area (TPSA) is 21.7 Å². The van der Waals surface area contributed by atoms with Gasteiger partial charge in [-0.1, -0.05) is 30.3 Å². The lowest BCUT2D eigenvalue weighted by atomic mass is 9.53. The lowest BCUT2D eigenvalue weighted by molar-refractivity contribution is -0.314. The predicted octanol–water partition coefficient (Wildman–Crippen LogP) is 1.88. The summed E-state index contributed by atoms with van der Waals surface area (Å²) in [5.41, 5.74) is 1.33. The number of fused-ring (bicyclic) bond motifs is 1. The van der Waals surface area contributed by atoms with Gasteiger partial charge in [-0.25, -0.2) is 0 Å². The van der Waals surface area contributed by atoms with Crippen molar-refractivity contribution in [2.45, 2.75) is 17.6 Å². The fraction of sp³-hybridized carbons (Fsp3) is 0.600. The van der Waals surface area contributed by atoms with Gasteiger partial charge in [0.2, 0.25) is 0 Å². The maximum Gasteiger partial charge on any atom is 0.179 e. The molecule has 18 heavy (non-hydrogen) atoms. The Balaban J connectivity index is 2.09. The summed E-state index contributed by atoms with van der Waals surface area (Å²) >= 11 is 0. The number of rotatable bonds is 3. The van der Waals surface area contributed by atoms with Gasteiger partial charge >= 0.3 is 0 Å². The van der Waals surface area contributed by atoms with Crippen molar-refractivity contribution < 1.29 is 9.47 Å². The average molecular weight is 247 g/mol. The van der Waals surface area contributed by atoms with E-state index in [-0.39, 0.29) is 5.41 Å². The van der Waals surface area contributed by atoms with Crippen LogP contribution in [0.4, 0.5) is 0 Å². The average Bonchev–Trinajstić information content (AvgIpc) is 2.67. The van der Waals surface area contributed by atoms with E-state index in [9.17, 15) is 0 Å². The van der Waals surface area contributed by atoms with Gasteiger partial charge in [0.1, 0.15) is 0 Å². The number of methoxy groups -OCH3 is 2. The molecule has 0 spiro atoms. The minimum atomic E-state index is -0.455. The Bertz CT molecular complexity index is 429. The van der Waals surface area contributed by atoms with Crippen LogP contribution in [0.3, 0.4) is 0 Å². The van der Waals surface area contributed by atoms with Crippen molar-refractivity contribution in [3.05, 3.63) is 35.9 Å². The highest BCUT2D eigenvalue weighted by Crippen LogP contribution is 2.61. The minimum Gasteiger partial charge on any atom is -0.352 e. The molecule has 1 aromatic carbocycles. The van der Waals surface area contributed by atoms with E-state index >= 15 is 0 Å². The van der Waals surface area contributed by atoms with E-state index in [2.05, 4.69) is 42.3 Å². The molecule has 0 radical (unpaired) electrons. The highest BCUT2D eigenvalue weighted by atomic mass is 16.7. The van der Waals surface area contributed by atoms with Crippen LogP contribution in [0.2, 0.25) is 0 Å². The fourth-order valence-electron chi connectivity index (χ4n) is 4.09.